The van der Waals surface area contributed by atoms with Crippen molar-refractivity contribution in [3.63, 3.8) is 0 Å². The average molecular weight is 401 g/mol. The summed E-state index contributed by atoms with van der Waals surface area (Å²) in [7, 11) is 0. The first kappa shape index (κ1) is 19.0. The monoisotopic (exact) mass is 400 g/mol. The van der Waals surface area contributed by atoms with E-state index in [0.29, 0.717) is 17.4 Å². The van der Waals surface area contributed by atoms with Crippen molar-refractivity contribution < 1.29 is 0 Å². The Morgan fingerprint density at radius 3 is 2.10 bits per heavy atom. The number of hydrogen-bond acceptors (Lipinski definition) is 4. The van der Waals surface area contributed by atoms with E-state index >= 15 is 0 Å². The highest BCUT2D eigenvalue weighted by Crippen LogP contribution is 2.26. The van der Waals surface area contributed by atoms with Gasteiger partial charge in [0.2, 0.25) is 0 Å². The zero-order valence-electron chi connectivity index (χ0n) is 16.1. The molecule has 0 aliphatic rings. The van der Waals surface area contributed by atoms with E-state index in [0.717, 1.165) is 34.0 Å². The number of aromatic nitrogens is 2. The summed E-state index contributed by atoms with van der Waals surface area (Å²) in [5.74, 6) is 1.50. The van der Waals surface area contributed by atoms with Crippen molar-refractivity contribution in [2.75, 3.05) is 10.6 Å². The van der Waals surface area contributed by atoms with Gasteiger partial charge in [0.15, 0.2) is 5.82 Å². The molecule has 4 aromatic rings. The number of nitrogens with one attached hydrogen (secondary N) is 2. The van der Waals surface area contributed by atoms with Gasteiger partial charge in [0.25, 0.3) is 0 Å². The molecule has 4 rings (SSSR count). The Bertz CT molecular complexity index is 1080. The van der Waals surface area contributed by atoms with E-state index < -0.39 is 0 Å². The molecule has 0 unspecified atom stereocenters. The summed E-state index contributed by atoms with van der Waals surface area (Å²) in [6.07, 6.45) is 0. The number of benzene rings is 3. The van der Waals surface area contributed by atoms with Crippen LogP contribution in [0.3, 0.4) is 0 Å². The molecule has 5 heteroatoms. The second kappa shape index (κ2) is 8.76. The molecule has 2 N–H and O–H groups in total. The molecule has 0 atom stereocenters. The lowest BCUT2D eigenvalue weighted by atomic mass is 10.1. The summed E-state index contributed by atoms with van der Waals surface area (Å²) < 4.78 is 0. The van der Waals surface area contributed by atoms with E-state index in [4.69, 9.17) is 21.6 Å². The molecule has 0 aliphatic heterocycles. The van der Waals surface area contributed by atoms with Crippen LogP contribution in [0.15, 0.2) is 84.9 Å². The molecular weight excluding hydrogens is 380 g/mol. The summed E-state index contributed by atoms with van der Waals surface area (Å²) in [5.41, 5.74) is 4.91. The molecule has 3 aromatic carbocycles. The molecule has 29 heavy (non-hydrogen) atoms. The number of aryl methyl sites for hydroxylation is 1. The maximum Gasteiger partial charge on any atom is 0.161 e. The van der Waals surface area contributed by atoms with E-state index in [2.05, 4.69) is 10.6 Å². The normalized spacial score (nSPS) is 10.6. The fourth-order valence-electron chi connectivity index (χ4n) is 3.04. The summed E-state index contributed by atoms with van der Waals surface area (Å²) in [4.78, 5) is 9.60. The Morgan fingerprint density at radius 1 is 0.759 bits per heavy atom. The van der Waals surface area contributed by atoms with Gasteiger partial charge in [-0.15, -0.1) is 0 Å². The predicted molar refractivity (Wildman–Crippen MR) is 121 cm³/mol. The molecule has 1 aromatic heterocycles. The first-order valence-electron chi connectivity index (χ1n) is 9.43. The summed E-state index contributed by atoms with van der Waals surface area (Å²) >= 11 is 5.99. The van der Waals surface area contributed by atoms with Crippen molar-refractivity contribution in [3.8, 4) is 11.4 Å². The quantitative estimate of drug-likeness (QED) is 0.390. The van der Waals surface area contributed by atoms with Crippen LogP contribution >= 0.6 is 11.6 Å². The minimum atomic E-state index is 0.595. The smallest absolute Gasteiger partial charge is 0.161 e. The lowest BCUT2D eigenvalue weighted by molar-refractivity contribution is 1.01. The van der Waals surface area contributed by atoms with Gasteiger partial charge < -0.3 is 10.6 Å². The van der Waals surface area contributed by atoms with Crippen molar-refractivity contribution in [3.05, 3.63) is 101 Å². The van der Waals surface area contributed by atoms with E-state index in [1.54, 1.807) is 0 Å². The molecule has 0 fully saturated rings. The third kappa shape index (κ3) is 4.73. The highest BCUT2D eigenvalue weighted by molar-refractivity contribution is 6.30. The van der Waals surface area contributed by atoms with Crippen LogP contribution in [0.1, 0.15) is 11.3 Å². The van der Waals surface area contributed by atoms with Gasteiger partial charge in [-0.05, 0) is 43.3 Å². The molecule has 0 spiro atoms. The van der Waals surface area contributed by atoms with Gasteiger partial charge in [0, 0.05) is 39.8 Å². The van der Waals surface area contributed by atoms with Crippen molar-refractivity contribution >= 4 is 28.8 Å². The molecular formula is C24H21ClN4. The number of halogens is 1. The van der Waals surface area contributed by atoms with Crippen LogP contribution in [0.25, 0.3) is 11.4 Å². The third-order valence-electron chi connectivity index (χ3n) is 4.60. The third-order valence-corrected chi connectivity index (χ3v) is 4.85. The fraction of sp³-hybridized carbons (Fsp3) is 0.0833. The first-order chi connectivity index (χ1) is 14.2. The Morgan fingerprint density at radius 2 is 1.41 bits per heavy atom. The Hall–Kier alpha value is -3.37. The van der Waals surface area contributed by atoms with E-state index in [1.807, 2.05) is 91.9 Å². The molecule has 4 nitrogen and oxygen atoms in total. The number of para-hydroxylation sites is 1. The highest BCUT2D eigenvalue weighted by Gasteiger charge is 2.13. The van der Waals surface area contributed by atoms with Crippen LogP contribution in [0.2, 0.25) is 5.02 Å². The summed E-state index contributed by atoms with van der Waals surface area (Å²) in [5, 5.41) is 7.61. The number of nitrogens with zero attached hydrogens (tertiary/aromatic N) is 2. The van der Waals surface area contributed by atoms with Gasteiger partial charge >= 0.3 is 0 Å². The largest absolute Gasteiger partial charge is 0.381 e. The van der Waals surface area contributed by atoms with Crippen LogP contribution in [-0.4, -0.2) is 9.97 Å². The van der Waals surface area contributed by atoms with Crippen molar-refractivity contribution in [2.45, 2.75) is 13.5 Å². The van der Waals surface area contributed by atoms with Crippen LogP contribution in [0.5, 0.6) is 0 Å². The molecule has 0 amide bonds. The molecule has 0 saturated heterocycles. The SMILES string of the molecule is Cc1nc(-c2ccccc2)nc(Nc2ccccc2)c1CNc1ccc(Cl)cc1. The topological polar surface area (TPSA) is 49.8 Å². The van der Waals surface area contributed by atoms with E-state index in [9.17, 15) is 0 Å². The minimum Gasteiger partial charge on any atom is -0.381 e. The standard InChI is InChI=1S/C24H21ClN4/c1-17-22(16-26-20-14-12-19(25)13-15-20)24(28-21-10-6-3-7-11-21)29-23(27-17)18-8-4-2-5-9-18/h2-15,26H,16H2,1H3,(H,27,28,29). The van der Waals surface area contributed by atoms with E-state index in [-0.39, 0.29) is 0 Å². The second-order valence-corrected chi connectivity index (χ2v) is 7.11. The Labute approximate surface area is 175 Å². The molecule has 0 bridgehead atoms. The predicted octanol–water partition coefficient (Wildman–Crippen LogP) is 6.46. The zero-order chi connectivity index (χ0) is 20.1. The van der Waals surface area contributed by atoms with Gasteiger partial charge in [-0.3, -0.25) is 0 Å². The van der Waals surface area contributed by atoms with Crippen LogP contribution in [0, 0.1) is 6.92 Å². The zero-order valence-corrected chi connectivity index (χ0v) is 16.8. The summed E-state index contributed by atoms with van der Waals surface area (Å²) in [6, 6.07) is 27.7. The van der Waals surface area contributed by atoms with Gasteiger partial charge in [-0.2, -0.15) is 0 Å². The van der Waals surface area contributed by atoms with Gasteiger partial charge in [0.05, 0.1) is 0 Å². The molecule has 144 valence electrons. The van der Waals surface area contributed by atoms with Crippen molar-refractivity contribution in [2.24, 2.45) is 0 Å². The molecule has 0 aliphatic carbocycles. The Balaban J connectivity index is 1.69. The molecule has 1 heterocycles. The van der Waals surface area contributed by atoms with Crippen LogP contribution in [0.4, 0.5) is 17.2 Å². The van der Waals surface area contributed by atoms with E-state index in [1.165, 1.54) is 0 Å². The highest BCUT2D eigenvalue weighted by atomic mass is 35.5. The lowest BCUT2D eigenvalue weighted by Crippen LogP contribution is -2.10. The maximum atomic E-state index is 5.99. The number of hydrogen-bond donors (Lipinski definition) is 2. The van der Waals surface area contributed by atoms with Gasteiger partial charge in [-0.25, -0.2) is 9.97 Å². The first-order valence-corrected chi connectivity index (χ1v) is 9.81. The minimum absolute atomic E-state index is 0.595. The van der Waals surface area contributed by atoms with Gasteiger partial charge in [-0.1, -0.05) is 60.1 Å². The summed E-state index contributed by atoms with van der Waals surface area (Å²) in [6.45, 7) is 2.61. The van der Waals surface area contributed by atoms with Crippen LogP contribution < -0.4 is 10.6 Å². The fourth-order valence-corrected chi connectivity index (χ4v) is 3.17. The van der Waals surface area contributed by atoms with Crippen molar-refractivity contribution in [1.82, 2.24) is 9.97 Å². The van der Waals surface area contributed by atoms with Crippen LogP contribution in [-0.2, 0) is 6.54 Å². The Kier molecular flexibility index (Phi) is 5.73. The number of rotatable bonds is 6. The number of anilines is 3. The maximum absolute atomic E-state index is 5.99. The average Bonchev–Trinajstić information content (AvgIpc) is 2.75. The molecule has 0 radical (unpaired) electrons. The second-order valence-electron chi connectivity index (χ2n) is 6.68. The van der Waals surface area contributed by atoms with Gasteiger partial charge in [0.1, 0.15) is 5.82 Å². The molecule has 0 saturated carbocycles. The van der Waals surface area contributed by atoms with Crippen molar-refractivity contribution in [1.29, 1.82) is 0 Å². The lowest BCUT2D eigenvalue weighted by Gasteiger charge is -2.16.